The van der Waals surface area contributed by atoms with Crippen molar-refractivity contribution < 1.29 is 9.90 Å². The smallest absolute Gasteiger partial charge is 0.335 e. The van der Waals surface area contributed by atoms with Gasteiger partial charge in [-0.25, -0.2) is 4.79 Å². The SMILES string of the molecule is CN(CCN1C=C(c2cc(C(=O)O)ccn2)NC1)c1ccc(Cl)cc1. The molecular weight excluding hydrogens is 340 g/mol. The number of likely N-dealkylation sites (N-methyl/N-ethyl adjacent to an activating group) is 1. The Kier molecular flexibility index (Phi) is 5.09. The van der Waals surface area contributed by atoms with E-state index >= 15 is 0 Å². The lowest BCUT2D eigenvalue weighted by molar-refractivity contribution is 0.0696. The molecule has 0 saturated carbocycles. The van der Waals surface area contributed by atoms with Crippen molar-refractivity contribution in [3.8, 4) is 0 Å². The molecular formula is C18H19ClN4O2. The molecule has 0 unspecified atom stereocenters. The van der Waals surface area contributed by atoms with E-state index in [4.69, 9.17) is 16.7 Å². The number of nitrogens with zero attached hydrogens (tertiary/aromatic N) is 3. The van der Waals surface area contributed by atoms with Crippen molar-refractivity contribution in [2.45, 2.75) is 0 Å². The van der Waals surface area contributed by atoms with Crippen LogP contribution in [0.2, 0.25) is 5.02 Å². The number of aromatic nitrogens is 1. The first-order valence-corrected chi connectivity index (χ1v) is 8.27. The van der Waals surface area contributed by atoms with E-state index in [2.05, 4.69) is 20.1 Å². The summed E-state index contributed by atoms with van der Waals surface area (Å²) in [5, 5.41) is 13.1. The zero-order chi connectivity index (χ0) is 17.8. The second-order valence-electron chi connectivity index (χ2n) is 5.82. The summed E-state index contributed by atoms with van der Waals surface area (Å²) in [7, 11) is 2.04. The molecule has 0 atom stereocenters. The fourth-order valence-corrected chi connectivity index (χ4v) is 2.70. The number of carboxylic acid groups (broad SMARTS) is 1. The fourth-order valence-electron chi connectivity index (χ4n) is 2.57. The number of nitrogens with one attached hydrogen (secondary N) is 1. The van der Waals surface area contributed by atoms with Gasteiger partial charge in [0, 0.05) is 43.2 Å². The lowest BCUT2D eigenvalue weighted by Gasteiger charge is -2.23. The van der Waals surface area contributed by atoms with Gasteiger partial charge in [-0.3, -0.25) is 4.98 Å². The van der Waals surface area contributed by atoms with Crippen molar-refractivity contribution in [2.75, 3.05) is 31.7 Å². The number of aromatic carboxylic acids is 1. The molecule has 0 spiro atoms. The number of halogens is 1. The van der Waals surface area contributed by atoms with Crippen LogP contribution in [0.1, 0.15) is 16.1 Å². The number of anilines is 1. The van der Waals surface area contributed by atoms with Crippen LogP contribution in [-0.4, -0.2) is 47.8 Å². The summed E-state index contributed by atoms with van der Waals surface area (Å²) < 4.78 is 0. The van der Waals surface area contributed by atoms with Crippen LogP contribution in [0.5, 0.6) is 0 Å². The van der Waals surface area contributed by atoms with Gasteiger partial charge in [0.2, 0.25) is 0 Å². The third kappa shape index (κ3) is 4.22. The van der Waals surface area contributed by atoms with Crippen LogP contribution in [0.15, 0.2) is 48.8 Å². The van der Waals surface area contributed by atoms with Crippen LogP contribution in [-0.2, 0) is 0 Å². The van der Waals surface area contributed by atoms with Crippen molar-refractivity contribution in [1.29, 1.82) is 0 Å². The highest BCUT2D eigenvalue weighted by Crippen LogP contribution is 2.18. The number of benzene rings is 1. The van der Waals surface area contributed by atoms with E-state index in [-0.39, 0.29) is 5.56 Å². The Balaban J connectivity index is 1.61. The second-order valence-corrected chi connectivity index (χ2v) is 6.26. The number of hydrogen-bond acceptors (Lipinski definition) is 5. The Bertz CT molecular complexity index is 792. The molecule has 1 aliphatic rings. The lowest BCUT2D eigenvalue weighted by atomic mass is 10.2. The van der Waals surface area contributed by atoms with Gasteiger partial charge in [-0.1, -0.05) is 11.6 Å². The molecule has 0 radical (unpaired) electrons. The minimum absolute atomic E-state index is 0.230. The van der Waals surface area contributed by atoms with Gasteiger partial charge >= 0.3 is 5.97 Å². The Labute approximate surface area is 151 Å². The van der Waals surface area contributed by atoms with E-state index in [1.165, 1.54) is 12.3 Å². The molecule has 6 nitrogen and oxygen atoms in total. The van der Waals surface area contributed by atoms with Crippen molar-refractivity contribution >= 4 is 29.0 Å². The zero-order valence-electron chi connectivity index (χ0n) is 13.8. The molecule has 2 aromatic rings. The van der Waals surface area contributed by atoms with Crippen LogP contribution >= 0.6 is 11.6 Å². The Morgan fingerprint density at radius 3 is 2.84 bits per heavy atom. The van der Waals surface area contributed by atoms with Gasteiger partial charge in [-0.05, 0) is 36.4 Å². The zero-order valence-corrected chi connectivity index (χ0v) is 14.6. The average molecular weight is 359 g/mol. The van der Waals surface area contributed by atoms with Gasteiger partial charge in [-0.2, -0.15) is 0 Å². The molecule has 2 N–H and O–H groups in total. The molecule has 25 heavy (non-hydrogen) atoms. The summed E-state index contributed by atoms with van der Waals surface area (Å²) in [5.41, 5.74) is 2.80. The molecule has 130 valence electrons. The quantitative estimate of drug-likeness (QED) is 0.827. The van der Waals surface area contributed by atoms with Crippen LogP contribution in [0, 0.1) is 0 Å². The summed E-state index contributed by atoms with van der Waals surface area (Å²) >= 11 is 5.92. The number of hydrogen-bond donors (Lipinski definition) is 2. The van der Waals surface area contributed by atoms with Gasteiger partial charge in [-0.15, -0.1) is 0 Å². The lowest BCUT2D eigenvalue weighted by Crippen LogP contribution is -2.31. The second kappa shape index (κ2) is 7.44. The predicted molar refractivity (Wildman–Crippen MR) is 98.6 cm³/mol. The number of carbonyl (C=O) groups is 1. The average Bonchev–Trinajstić information content (AvgIpc) is 3.09. The van der Waals surface area contributed by atoms with Gasteiger partial charge in [0.05, 0.1) is 23.6 Å². The number of rotatable bonds is 6. The highest BCUT2D eigenvalue weighted by molar-refractivity contribution is 6.30. The third-order valence-corrected chi connectivity index (χ3v) is 4.31. The third-order valence-electron chi connectivity index (χ3n) is 4.06. The maximum atomic E-state index is 11.1. The first kappa shape index (κ1) is 17.1. The van der Waals surface area contributed by atoms with Gasteiger partial charge < -0.3 is 20.2 Å². The number of pyridine rings is 1. The van der Waals surface area contributed by atoms with E-state index in [9.17, 15) is 4.79 Å². The van der Waals surface area contributed by atoms with Crippen LogP contribution in [0.3, 0.4) is 0 Å². The monoisotopic (exact) mass is 358 g/mol. The molecule has 0 amide bonds. The maximum absolute atomic E-state index is 11.1. The first-order valence-electron chi connectivity index (χ1n) is 7.89. The summed E-state index contributed by atoms with van der Waals surface area (Å²) in [5.74, 6) is -0.955. The highest BCUT2D eigenvalue weighted by atomic mass is 35.5. The molecule has 1 aliphatic heterocycles. The van der Waals surface area contributed by atoms with E-state index in [0.717, 1.165) is 29.5 Å². The van der Waals surface area contributed by atoms with Crippen LogP contribution in [0.25, 0.3) is 5.70 Å². The maximum Gasteiger partial charge on any atom is 0.335 e. The molecule has 0 aliphatic carbocycles. The Morgan fingerprint density at radius 1 is 1.36 bits per heavy atom. The molecule has 0 bridgehead atoms. The fraction of sp³-hybridized carbons (Fsp3) is 0.222. The molecule has 2 heterocycles. The minimum Gasteiger partial charge on any atom is -0.478 e. The minimum atomic E-state index is -0.955. The number of carboxylic acids is 1. The van der Waals surface area contributed by atoms with Gasteiger partial charge in [0.15, 0.2) is 0 Å². The molecule has 1 aromatic heterocycles. The van der Waals surface area contributed by atoms with E-state index in [1.807, 2.05) is 37.5 Å². The summed E-state index contributed by atoms with van der Waals surface area (Å²) in [6, 6.07) is 10.8. The summed E-state index contributed by atoms with van der Waals surface area (Å²) in [6.07, 6.45) is 3.49. The largest absolute Gasteiger partial charge is 0.478 e. The van der Waals surface area contributed by atoms with Gasteiger partial charge in [0.25, 0.3) is 0 Å². The van der Waals surface area contributed by atoms with Crippen molar-refractivity contribution in [3.05, 3.63) is 65.1 Å². The molecule has 1 aromatic carbocycles. The molecule has 0 fully saturated rings. The summed E-state index contributed by atoms with van der Waals surface area (Å²) in [6.45, 7) is 2.34. The van der Waals surface area contributed by atoms with Crippen molar-refractivity contribution in [2.24, 2.45) is 0 Å². The van der Waals surface area contributed by atoms with E-state index in [1.54, 1.807) is 6.07 Å². The molecule has 0 saturated heterocycles. The van der Waals surface area contributed by atoms with Crippen LogP contribution in [0.4, 0.5) is 5.69 Å². The topological polar surface area (TPSA) is 68.7 Å². The Hall–Kier alpha value is -2.73. The standard InChI is InChI=1S/C18H19ClN4O2/c1-22(15-4-2-14(19)3-5-15)8-9-23-11-17(21-12-23)16-10-13(18(24)25)6-7-20-16/h2-7,10-11,21H,8-9,12H2,1H3,(H,24,25). The predicted octanol–water partition coefficient (Wildman–Crippen LogP) is 2.73. The van der Waals surface area contributed by atoms with E-state index in [0.29, 0.717) is 12.4 Å². The first-order chi connectivity index (χ1) is 12.0. The summed E-state index contributed by atoms with van der Waals surface area (Å²) in [4.78, 5) is 19.6. The Morgan fingerprint density at radius 2 is 2.12 bits per heavy atom. The molecule has 3 rings (SSSR count). The highest BCUT2D eigenvalue weighted by Gasteiger charge is 2.15. The van der Waals surface area contributed by atoms with E-state index < -0.39 is 5.97 Å². The van der Waals surface area contributed by atoms with Crippen LogP contribution < -0.4 is 10.2 Å². The molecule has 7 heteroatoms. The van der Waals surface area contributed by atoms with Gasteiger partial charge in [0.1, 0.15) is 0 Å². The van der Waals surface area contributed by atoms with Crippen molar-refractivity contribution in [3.63, 3.8) is 0 Å². The normalized spacial score (nSPS) is 13.4. The van der Waals surface area contributed by atoms with Crippen molar-refractivity contribution in [1.82, 2.24) is 15.2 Å².